The monoisotopic (exact) mass is 665 g/mol. The minimum Gasteiger partial charge on any atom is -0.496 e. The normalized spacial score (nSPS) is 15.5. The molecule has 0 atom stereocenters. The number of nitrogens with zero attached hydrogens (tertiary/aromatic N) is 4. The van der Waals surface area contributed by atoms with E-state index in [1.807, 2.05) is 66.3 Å². The number of aromatic nitrogens is 3. The third kappa shape index (κ3) is 5.65. The minimum atomic E-state index is -0.387. The van der Waals surface area contributed by atoms with E-state index in [1.54, 1.807) is 26.4 Å². The summed E-state index contributed by atoms with van der Waals surface area (Å²) in [4.78, 5) is 30.9. The lowest BCUT2D eigenvalue weighted by Gasteiger charge is -2.47. The van der Waals surface area contributed by atoms with Gasteiger partial charge in [0, 0.05) is 54.3 Å². The van der Waals surface area contributed by atoms with E-state index >= 15 is 0 Å². The van der Waals surface area contributed by atoms with Gasteiger partial charge in [0.2, 0.25) is 11.8 Å². The number of aldehydes is 1. The average Bonchev–Trinajstić information content (AvgIpc) is 3.81. The summed E-state index contributed by atoms with van der Waals surface area (Å²) in [5, 5.41) is 9.36. The first-order valence-electron chi connectivity index (χ1n) is 15.8. The van der Waals surface area contributed by atoms with Gasteiger partial charge in [-0.05, 0) is 43.5 Å². The summed E-state index contributed by atoms with van der Waals surface area (Å²) in [6, 6.07) is 19.5. The topological polar surface area (TPSA) is 108 Å². The minimum absolute atomic E-state index is 0.138. The van der Waals surface area contributed by atoms with Crippen LogP contribution in [0.5, 0.6) is 17.4 Å². The van der Waals surface area contributed by atoms with Crippen LogP contribution in [0.1, 0.15) is 35.7 Å². The summed E-state index contributed by atoms with van der Waals surface area (Å²) < 4.78 is 19.0. The summed E-state index contributed by atoms with van der Waals surface area (Å²) in [5.74, 6) is 1.74. The van der Waals surface area contributed by atoms with Crippen LogP contribution in [-0.2, 0) is 11.3 Å². The van der Waals surface area contributed by atoms with Crippen LogP contribution in [0, 0.1) is 5.41 Å². The highest BCUT2D eigenvalue weighted by Crippen LogP contribution is 2.41. The number of carbonyl (C=O) groups excluding carboxylic acids is 2. The molecule has 0 spiro atoms. The lowest BCUT2D eigenvalue weighted by atomic mass is 9.80. The third-order valence-corrected chi connectivity index (χ3v) is 9.62. The number of hydrogen-bond acceptors (Lipinski definition) is 8. The Bertz CT molecular complexity index is 2020. The zero-order valence-electron chi connectivity index (χ0n) is 27.2. The fourth-order valence-corrected chi connectivity index (χ4v) is 6.86. The molecule has 1 aliphatic heterocycles. The van der Waals surface area contributed by atoms with Crippen molar-refractivity contribution in [2.45, 2.75) is 32.4 Å². The van der Waals surface area contributed by atoms with Gasteiger partial charge >= 0.3 is 0 Å². The van der Waals surface area contributed by atoms with Crippen LogP contribution in [0.4, 0.5) is 0 Å². The third-order valence-electron chi connectivity index (χ3n) is 9.21. The Balaban J connectivity index is 1.20. The van der Waals surface area contributed by atoms with Crippen LogP contribution in [0.15, 0.2) is 66.9 Å². The Kier molecular flexibility index (Phi) is 8.30. The molecule has 2 aliphatic rings. The van der Waals surface area contributed by atoms with Crippen LogP contribution in [0.3, 0.4) is 0 Å². The summed E-state index contributed by atoms with van der Waals surface area (Å²) >= 11 is 7.05. The summed E-state index contributed by atoms with van der Waals surface area (Å²) in [6.07, 6.45) is 4.69. The van der Waals surface area contributed by atoms with Crippen LogP contribution in [-0.4, -0.2) is 72.3 Å². The standard InChI is InChI=1S/C37H36ClN5O5/c1-37(36(45)40-23-12-13-23)20-42(21-37)18-29-32(46-2)15-24(16-33(29)47-3)43-31-10-6-7-25(28(31)17-39-43)26-8-5-9-27(34(26)38)30-14-11-22(19-44)35(41-30)48-4/h5-11,14-17,19,23H,12-13,18,20-21H2,1-4H3,(H,40,45). The number of amides is 1. The Morgan fingerprint density at radius 1 is 0.979 bits per heavy atom. The fraction of sp³-hybridized carbons (Fsp3) is 0.297. The van der Waals surface area contributed by atoms with Crippen LogP contribution in [0.25, 0.3) is 39.0 Å². The molecule has 1 saturated heterocycles. The number of rotatable bonds is 11. The van der Waals surface area contributed by atoms with Crippen molar-refractivity contribution in [1.29, 1.82) is 0 Å². The van der Waals surface area contributed by atoms with Crippen molar-refractivity contribution in [2.75, 3.05) is 34.4 Å². The fourth-order valence-electron chi connectivity index (χ4n) is 6.54. The number of nitrogens with one attached hydrogen (secondary N) is 1. The molecule has 0 radical (unpaired) electrons. The van der Waals surface area contributed by atoms with Crippen molar-refractivity contribution < 1.29 is 23.8 Å². The molecule has 3 aromatic carbocycles. The van der Waals surface area contributed by atoms with Gasteiger partial charge in [0.05, 0.1) is 66.0 Å². The molecule has 0 unspecified atom stereocenters. The summed E-state index contributed by atoms with van der Waals surface area (Å²) in [5.41, 5.74) is 5.58. The van der Waals surface area contributed by atoms with E-state index < -0.39 is 0 Å². The number of likely N-dealkylation sites (tertiary alicyclic amines) is 1. The Labute approximate surface area is 283 Å². The molecule has 11 heteroatoms. The molecular formula is C37H36ClN5O5. The quantitative estimate of drug-likeness (QED) is 0.163. The molecule has 1 aliphatic carbocycles. The molecule has 2 fully saturated rings. The predicted molar refractivity (Wildman–Crippen MR) is 184 cm³/mol. The molecule has 10 nitrogen and oxygen atoms in total. The molecule has 1 amide bonds. The van der Waals surface area contributed by atoms with Gasteiger partial charge < -0.3 is 19.5 Å². The maximum atomic E-state index is 12.8. The number of pyridine rings is 1. The lowest BCUT2D eigenvalue weighted by molar-refractivity contribution is -0.140. The van der Waals surface area contributed by atoms with E-state index in [0.29, 0.717) is 65.3 Å². The van der Waals surface area contributed by atoms with E-state index in [0.717, 1.165) is 46.1 Å². The number of carbonyl (C=O) groups is 2. The predicted octanol–water partition coefficient (Wildman–Crippen LogP) is 6.35. The smallest absolute Gasteiger partial charge is 0.228 e. The van der Waals surface area contributed by atoms with Gasteiger partial charge in [-0.1, -0.05) is 41.9 Å². The van der Waals surface area contributed by atoms with Gasteiger partial charge in [-0.25, -0.2) is 9.67 Å². The molecule has 7 rings (SSSR count). The number of halogens is 1. The number of methoxy groups -OCH3 is 3. The summed E-state index contributed by atoms with van der Waals surface area (Å²) in [7, 11) is 4.78. The first-order valence-corrected chi connectivity index (χ1v) is 16.2. The van der Waals surface area contributed by atoms with E-state index in [2.05, 4.69) is 15.2 Å². The van der Waals surface area contributed by atoms with E-state index in [4.69, 9.17) is 30.9 Å². The highest BCUT2D eigenvalue weighted by Gasteiger charge is 2.46. The molecule has 2 aromatic heterocycles. The van der Waals surface area contributed by atoms with Crippen molar-refractivity contribution in [3.8, 4) is 45.5 Å². The number of benzene rings is 3. The van der Waals surface area contributed by atoms with E-state index in [9.17, 15) is 9.59 Å². The van der Waals surface area contributed by atoms with E-state index in [-0.39, 0.29) is 17.2 Å². The number of hydrogen-bond donors (Lipinski definition) is 1. The molecular weight excluding hydrogens is 630 g/mol. The van der Waals surface area contributed by atoms with Gasteiger partial charge in [-0.15, -0.1) is 0 Å². The number of ether oxygens (including phenoxy) is 3. The first kappa shape index (κ1) is 31.7. The van der Waals surface area contributed by atoms with Crippen LogP contribution in [0.2, 0.25) is 5.02 Å². The zero-order valence-corrected chi connectivity index (χ0v) is 28.0. The lowest BCUT2D eigenvalue weighted by Crippen LogP contribution is -2.61. The Morgan fingerprint density at radius 3 is 2.33 bits per heavy atom. The van der Waals surface area contributed by atoms with Gasteiger partial charge in [-0.3, -0.25) is 14.5 Å². The largest absolute Gasteiger partial charge is 0.496 e. The highest BCUT2D eigenvalue weighted by molar-refractivity contribution is 6.36. The van der Waals surface area contributed by atoms with Gasteiger partial charge in [0.25, 0.3) is 0 Å². The average molecular weight is 666 g/mol. The van der Waals surface area contributed by atoms with E-state index in [1.165, 1.54) is 7.11 Å². The molecule has 0 bridgehead atoms. The van der Waals surface area contributed by atoms with Crippen molar-refractivity contribution in [3.63, 3.8) is 0 Å². The van der Waals surface area contributed by atoms with Crippen molar-refractivity contribution in [1.82, 2.24) is 25.0 Å². The zero-order chi connectivity index (χ0) is 33.6. The molecule has 246 valence electrons. The molecule has 5 aromatic rings. The van der Waals surface area contributed by atoms with Crippen molar-refractivity contribution in [2.24, 2.45) is 5.41 Å². The number of fused-ring (bicyclic) bond motifs is 1. The second-order valence-electron chi connectivity index (χ2n) is 12.7. The summed E-state index contributed by atoms with van der Waals surface area (Å²) in [6.45, 7) is 3.96. The van der Waals surface area contributed by atoms with Crippen molar-refractivity contribution >= 4 is 34.7 Å². The van der Waals surface area contributed by atoms with Gasteiger partial charge in [0.1, 0.15) is 11.5 Å². The first-order chi connectivity index (χ1) is 23.3. The van der Waals surface area contributed by atoms with Gasteiger partial charge in [0.15, 0.2) is 6.29 Å². The van der Waals surface area contributed by atoms with Gasteiger partial charge in [-0.2, -0.15) is 5.10 Å². The maximum absolute atomic E-state index is 12.8. The SMILES string of the molecule is COc1cc(-n2ncc3c(-c4cccc(-c5ccc(C=O)c(OC)n5)c4Cl)cccc32)cc(OC)c1CN1CC(C)(C(=O)NC2CC2)C1. The van der Waals surface area contributed by atoms with Crippen LogP contribution < -0.4 is 19.5 Å². The van der Waals surface area contributed by atoms with Crippen molar-refractivity contribution in [3.05, 3.63) is 83.0 Å². The second-order valence-corrected chi connectivity index (χ2v) is 13.0. The highest BCUT2D eigenvalue weighted by atomic mass is 35.5. The maximum Gasteiger partial charge on any atom is 0.228 e. The molecule has 48 heavy (non-hydrogen) atoms. The van der Waals surface area contributed by atoms with Crippen LogP contribution >= 0.6 is 11.6 Å². The molecule has 3 heterocycles. The molecule has 1 N–H and O–H groups in total. The Morgan fingerprint density at radius 2 is 1.67 bits per heavy atom. The Hall–Kier alpha value is -4.93. The second kappa shape index (κ2) is 12.6. The molecule has 1 saturated carbocycles.